The van der Waals surface area contributed by atoms with Crippen molar-refractivity contribution >= 4 is 22.9 Å². The first-order valence-electron chi connectivity index (χ1n) is 5.85. The smallest absolute Gasteiger partial charge is 0.227 e. The molecule has 1 saturated heterocycles. The molecular formula is C14H12FNOS. The predicted octanol–water partition coefficient (Wildman–Crippen LogP) is 3.76. The van der Waals surface area contributed by atoms with E-state index in [4.69, 9.17) is 0 Å². The number of hydrogen-bond acceptors (Lipinski definition) is 2. The van der Waals surface area contributed by atoms with E-state index in [0.29, 0.717) is 6.42 Å². The van der Waals surface area contributed by atoms with Crippen LogP contribution in [-0.2, 0) is 4.79 Å². The Morgan fingerprint density at radius 2 is 2.00 bits per heavy atom. The van der Waals surface area contributed by atoms with Crippen LogP contribution in [0.4, 0.5) is 10.1 Å². The van der Waals surface area contributed by atoms with Gasteiger partial charge >= 0.3 is 0 Å². The molecule has 1 aromatic carbocycles. The normalized spacial score (nSPS) is 19.5. The monoisotopic (exact) mass is 261 g/mol. The first-order chi connectivity index (χ1) is 8.75. The standard InChI is InChI=1S/C14H12FNOS/c15-11-3-1-10(2-4-11)13-5-6-14(17)16(13)12-7-8-18-9-12/h1-4,7-9,13H,5-6H2. The van der Waals surface area contributed by atoms with Gasteiger partial charge in [-0.15, -0.1) is 0 Å². The fraction of sp³-hybridized carbons (Fsp3) is 0.214. The number of hydrogen-bond donors (Lipinski definition) is 0. The van der Waals surface area contributed by atoms with Crippen LogP contribution in [0, 0.1) is 5.82 Å². The summed E-state index contributed by atoms with van der Waals surface area (Å²) in [6.45, 7) is 0. The zero-order valence-electron chi connectivity index (χ0n) is 9.67. The molecule has 1 amide bonds. The van der Waals surface area contributed by atoms with Gasteiger partial charge in [0.05, 0.1) is 11.7 Å². The predicted molar refractivity (Wildman–Crippen MR) is 70.2 cm³/mol. The van der Waals surface area contributed by atoms with Crippen LogP contribution in [0.1, 0.15) is 24.4 Å². The molecule has 0 N–H and O–H groups in total. The van der Waals surface area contributed by atoms with E-state index in [1.54, 1.807) is 23.5 Å². The van der Waals surface area contributed by atoms with Crippen LogP contribution in [0.5, 0.6) is 0 Å². The molecule has 0 radical (unpaired) electrons. The van der Waals surface area contributed by atoms with Crippen LogP contribution < -0.4 is 4.90 Å². The van der Waals surface area contributed by atoms with Gasteiger partial charge in [0.25, 0.3) is 0 Å². The molecular weight excluding hydrogens is 249 g/mol. The first kappa shape index (κ1) is 11.4. The van der Waals surface area contributed by atoms with Crippen LogP contribution in [0.2, 0.25) is 0 Å². The summed E-state index contributed by atoms with van der Waals surface area (Å²) in [5.41, 5.74) is 1.94. The van der Waals surface area contributed by atoms with Gasteiger partial charge in [-0.3, -0.25) is 4.79 Å². The Kier molecular flexibility index (Phi) is 2.88. The van der Waals surface area contributed by atoms with E-state index >= 15 is 0 Å². The Morgan fingerprint density at radius 1 is 1.22 bits per heavy atom. The summed E-state index contributed by atoms with van der Waals surface area (Å²) >= 11 is 1.57. The van der Waals surface area contributed by atoms with Crippen molar-refractivity contribution < 1.29 is 9.18 Å². The van der Waals surface area contributed by atoms with E-state index in [2.05, 4.69) is 0 Å². The second-order valence-electron chi connectivity index (χ2n) is 4.35. The van der Waals surface area contributed by atoms with Gasteiger partial charge in [0.1, 0.15) is 5.82 Å². The topological polar surface area (TPSA) is 20.3 Å². The van der Waals surface area contributed by atoms with Crippen molar-refractivity contribution in [3.8, 4) is 0 Å². The van der Waals surface area contributed by atoms with E-state index in [-0.39, 0.29) is 17.8 Å². The van der Waals surface area contributed by atoms with E-state index in [9.17, 15) is 9.18 Å². The average Bonchev–Trinajstić information content (AvgIpc) is 2.99. The van der Waals surface area contributed by atoms with Gasteiger partial charge in [0.2, 0.25) is 5.91 Å². The molecule has 2 nitrogen and oxygen atoms in total. The number of carbonyl (C=O) groups excluding carboxylic acids is 1. The van der Waals surface area contributed by atoms with E-state index < -0.39 is 0 Å². The molecule has 0 spiro atoms. The molecule has 0 aliphatic carbocycles. The lowest BCUT2D eigenvalue weighted by Gasteiger charge is -2.24. The van der Waals surface area contributed by atoms with Crippen molar-refractivity contribution in [2.45, 2.75) is 18.9 Å². The second-order valence-corrected chi connectivity index (χ2v) is 5.13. The molecule has 2 heterocycles. The first-order valence-corrected chi connectivity index (χ1v) is 6.80. The third-order valence-electron chi connectivity index (χ3n) is 3.25. The lowest BCUT2D eigenvalue weighted by atomic mass is 10.0. The number of thiophene rings is 1. The van der Waals surface area contributed by atoms with Gasteiger partial charge in [-0.1, -0.05) is 12.1 Å². The maximum atomic E-state index is 12.9. The number of nitrogens with zero attached hydrogens (tertiary/aromatic N) is 1. The number of anilines is 1. The highest BCUT2D eigenvalue weighted by Crippen LogP contribution is 2.37. The molecule has 1 aromatic heterocycles. The van der Waals surface area contributed by atoms with Gasteiger partial charge in [-0.25, -0.2) is 4.39 Å². The summed E-state index contributed by atoms with van der Waals surface area (Å²) < 4.78 is 12.9. The fourth-order valence-corrected chi connectivity index (χ4v) is 3.03. The third kappa shape index (κ3) is 1.93. The van der Waals surface area contributed by atoms with Gasteiger partial charge in [-0.05, 0) is 35.6 Å². The van der Waals surface area contributed by atoms with E-state index in [0.717, 1.165) is 17.7 Å². The number of amides is 1. The Labute approximate surface area is 109 Å². The average molecular weight is 261 g/mol. The molecule has 18 heavy (non-hydrogen) atoms. The maximum Gasteiger partial charge on any atom is 0.227 e. The minimum atomic E-state index is -0.245. The number of benzene rings is 1. The van der Waals surface area contributed by atoms with Crippen molar-refractivity contribution in [3.63, 3.8) is 0 Å². The summed E-state index contributed by atoms with van der Waals surface area (Å²) in [4.78, 5) is 13.8. The lowest BCUT2D eigenvalue weighted by molar-refractivity contribution is -0.117. The molecule has 1 atom stereocenters. The maximum absolute atomic E-state index is 12.9. The minimum Gasteiger partial charge on any atom is -0.304 e. The largest absolute Gasteiger partial charge is 0.304 e. The summed E-state index contributed by atoms with van der Waals surface area (Å²) in [5, 5.41) is 3.93. The van der Waals surface area contributed by atoms with Gasteiger partial charge < -0.3 is 4.90 Å². The molecule has 0 bridgehead atoms. The van der Waals surface area contributed by atoms with Gasteiger partial charge in [0, 0.05) is 11.8 Å². The lowest BCUT2D eigenvalue weighted by Crippen LogP contribution is -2.26. The third-order valence-corrected chi connectivity index (χ3v) is 3.92. The molecule has 1 aliphatic rings. The van der Waals surface area contributed by atoms with Crippen molar-refractivity contribution in [2.75, 3.05) is 4.90 Å². The van der Waals surface area contributed by atoms with Crippen LogP contribution in [0.25, 0.3) is 0 Å². The van der Waals surface area contributed by atoms with Crippen LogP contribution in [0.3, 0.4) is 0 Å². The molecule has 3 rings (SSSR count). The quantitative estimate of drug-likeness (QED) is 0.806. The zero-order valence-corrected chi connectivity index (χ0v) is 10.5. The Hall–Kier alpha value is -1.68. The van der Waals surface area contributed by atoms with Gasteiger partial charge in [0.15, 0.2) is 0 Å². The number of carbonyl (C=O) groups is 1. The zero-order chi connectivity index (χ0) is 12.5. The summed E-state index contributed by atoms with van der Waals surface area (Å²) in [5.74, 6) is -0.104. The van der Waals surface area contributed by atoms with Crippen molar-refractivity contribution in [2.24, 2.45) is 0 Å². The summed E-state index contributed by atoms with van der Waals surface area (Å²) in [6.07, 6.45) is 1.35. The molecule has 92 valence electrons. The van der Waals surface area contributed by atoms with Crippen molar-refractivity contribution in [1.82, 2.24) is 0 Å². The molecule has 1 unspecified atom stereocenters. The van der Waals surface area contributed by atoms with E-state index in [1.165, 1.54) is 12.1 Å². The Morgan fingerprint density at radius 3 is 2.67 bits per heavy atom. The SMILES string of the molecule is O=C1CCC(c2ccc(F)cc2)N1c1ccsc1. The highest BCUT2D eigenvalue weighted by atomic mass is 32.1. The fourth-order valence-electron chi connectivity index (χ4n) is 2.40. The molecule has 1 aliphatic heterocycles. The summed E-state index contributed by atoms with van der Waals surface area (Å²) in [6, 6.07) is 8.40. The minimum absolute atomic E-state index is 0.0349. The number of halogens is 1. The van der Waals surface area contributed by atoms with Gasteiger partial charge in [-0.2, -0.15) is 11.3 Å². The van der Waals surface area contributed by atoms with Crippen LogP contribution in [0.15, 0.2) is 41.1 Å². The van der Waals surface area contributed by atoms with Crippen molar-refractivity contribution in [1.29, 1.82) is 0 Å². The highest BCUT2D eigenvalue weighted by Gasteiger charge is 2.33. The molecule has 4 heteroatoms. The Bertz CT molecular complexity index is 550. The molecule has 2 aromatic rings. The summed E-state index contributed by atoms with van der Waals surface area (Å²) in [7, 11) is 0. The second kappa shape index (κ2) is 4.53. The van der Waals surface area contributed by atoms with E-state index in [1.807, 2.05) is 21.7 Å². The number of rotatable bonds is 2. The highest BCUT2D eigenvalue weighted by molar-refractivity contribution is 7.08. The van der Waals surface area contributed by atoms with Crippen LogP contribution >= 0.6 is 11.3 Å². The Balaban J connectivity index is 1.96. The van der Waals surface area contributed by atoms with Crippen LogP contribution in [-0.4, -0.2) is 5.91 Å². The molecule has 1 fully saturated rings. The van der Waals surface area contributed by atoms with Crippen molar-refractivity contribution in [3.05, 3.63) is 52.5 Å². The molecule has 0 saturated carbocycles.